The van der Waals surface area contributed by atoms with Crippen molar-refractivity contribution < 1.29 is 0 Å². The maximum Gasteiger partial charge on any atom is 0.131 e. The van der Waals surface area contributed by atoms with Crippen molar-refractivity contribution in [3.63, 3.8) is 0 Å². The standard InChI is InChI=1S/C36H34N8.ClH/c37-33(41-23-25-7-3-1-4-8-25)27-15-19-31(20-16-27)43-35(39)29-11-13-30(14-12-29)36(40)44-32-21-17-28(18-22-32)34(38)42-24-26-9-5-2-6-10-26;/h1-22H,23-24H2,(H2,37,41)(H2,38,42)(H2,39,43)(H2,40,44);1H. The minimum atomic E-state index is 0. The van der Waals surface area contributed by atoms with E-state index in [0.717, 1.165) is 33.4 Å². The van der Waals surface area contributed by atoms with Crippen LogP contribution in [0.15, 0.2) is 153 Å². The molecule has 0 saturated carbocycles. The van der Waals surface area contributed by atoms with Crippen LogP contribution in [0.5, 0.6) is 0 Å². The van der Waals surface area contributed by atoms with Crippen LogP contribution in [0.3, 0.4) is 0 Å². The SMILES string of the molecule is Cl.NC(=NCc1ccccc1)c1ccc(N=C(N)c2ccc(C(N)=Nc3ccc(C(N)=NCc4ccccc4)cc3)cc2)cc1. The molecule has 0 fully saturated rings. The van der Waals surface area contributed by atoms with Gasteiger partial charge in [0.1, 0.15) is 23.3 Å². The summed E-state index contributed by atoms with van der Waals surface area (Å²) in [5.74, 6) is 1.71. The fourth-order valence-electron chi connectivity index (χ4n) is 4.33. The minimum absolute atomic E-state index is 0. The number of nitrogens with two attached hydrogens (primary N) is 4. The van der Waals surface area contributed by atoms with Crippen molar-refractivity contribution in [1.29, 1.82) is 0 Å². The second-order valence-electron chi connectivity index (χ2n) is 10.0. The first-order valence-corrected chi connectivity index (χ1v) is 14.1. The smallest absolute Gasteiger partial charge is 0.131 e. The average Bonchev–Trinajstić information content (AvgIpc) is 3.07. The number of halogens is 1. The average molecular weight is 615 g/mol. The highest BCUT2D eigenvalue weighted by Crippen LogP contribution is 2.17. The van der Waals surface area contributed by atoms with Crippen LogP contribution in [0.4, 0.5) is 11.4 Å². The summed E-state index contributed by atoms with van der Waals surface area (Å²) in [6.07, 6.45) is 0. The molecule has 0 amide bonds. The normalized spacial score (nSPS) is 12.4. The zero-order chi connectivity index (χ0) is 30.7. The number of hydrogen-bond donors (Lipinski definition) is 4. The lowest BCUT2D eigenvalue weighted by atomic mass is 10.1. The number of rotatable bonds is 10. The van der Waals surface area contributed by atoms with Gasteiger partial charge in [0.2, 0.25) is 0 Å². The van der Waals surface area contributed by atoms with Crippen molar-refractivity contribution in [2.75, 3.05) is 0 Å². The van der Waals surface area contributed by atoms with Crippen LogP contribution in [0.2, 0.25) is 0 Å². The summed E-state index contributed by atoms with van der Waals surface area (Å²) < 4.78 is 0. The summed E-state index contributed by atoms with van der Waals surface area (Å²) in [5.41, 5.74) is 31.8. The molecular formula is C36H35ClN8. The molecule has 5 aromatic rings. The summed E-state index contributed by atoms with van der Waals surface area (Å²) in [5, 5.41) is 0. The molecule has 0 heterocycles. The Hall–Kier alpha value is -5.73. The van der Waals surface area contributed by atoms with Crippen molar-refractivity contribution in [2.24, 2.45) is 42.9 Å². The van der Waals surface area contributed by atoms with Gasteiger partial charge >= 0.3 is 0 Å². The molecule has 8 nitrogen and oxygen atoms in total. The summed E-state index contributed by atoms with van der Waals surface area (Å²) in [7, 11) is 0. The summed E-state index contributed by atoms with van der Waals surface area (Å²) in [6, 6.07) is 42.4. The van der Waals surface area contributed by atoms with E-state index in [4.69, 9.17) is 22.9 Å². The van der Waals surface area contributed by atoms with E-state index < -0.39 is 0 Å². The van der Waals surface area contributed by atoms with Crippen molar-refractivity contribution >= 4 is 47.1 Å². The quantitative estimate of drug-likeness (QED) is 0.113. The Balaban J connectivity index is 0.00000461. The minimum Gasteiger partial charge on any atom is -0.383 e. The van der Waals surface area contributed by atoms with Crippen molar-refractivity contribution in [3.8, 4) is 0 Å². The van der Waals surface area contributed by atoms with Crippen molar-refractivity contribution in [3.05, 3.63) is 167 Å². The van der Waals surface area contributed by atoms with Crippen molar-refractivity contribution in [2.45, 2.75) is 13.1 Å². The third kappa shape index (κ3) is 9.13. The Morgan fingerprint density at radius 3 is 1.00 bits per heavy atom. The zero-order valence-corrected chi connectivity index (χ0v) is 25.4. The highest BCUT2D eigenvalue weighted by atomic mass is 35.5. The zero-order valence-electron chi connectivity index (χ0n) is 24.6. The molecule has 0 aromatic heterocycles. The Kier molecular flexibility index (Phi) is 11.2. The van der Waals surface area contributed by atoms with Gasteiger partial charge in [-0.15, -0.1) is 12.4 Å². The van der Waals surface area contributed by atoms with E-state index in [2.05, 4.69) is 20.0 Å². The number of benzene rings is 5. The summed E-state index contributed by atoms with van der Waals surface area (Å²) >= 11 is 0. The molecular weight excluding hydrogens is 580 g/mol. The third-order valence-corrected chi connectivity index (χ3v) is 6.85. The molecule has 226 valence electrons. The lowest BCUT2D eigenvalue weighted by Gasteiger charge is -2.06. The van der Waals surface area contributed by atoms with Crippen LogP contribution < -0.4 is 22.9 Å². The number of aliphatic imine (C=N–C) groups is 4. The van der Waals surface area contributed by atoms with Gasteiger partial charge in [0.15, 0.2) is 0 Å². The molecule has 8 N–H and O–H groups in total. The van der Waals surface area contributed by atoms with Gasteiger partial charge in [-0.1, -0.05) is 84.9 Å². The first-order valence-electron chi connectivity index (χ1n) is 14.1. The number of nitrogens with zero attached hydrogens (tertiary/aromatic N) is 4. The highest BCUT2D eigenvalue weighted by Gasteiger charge is 2.05. The number of amidine groups is 4. The van der Waals surface area contributed by atoms with Gasteiger partial charge in [-0.25, -0.2) is 9.98 Å². The van der Waals surface area contributed by atoms with Gasteiger partial charge in [0, 0.05) is 22.3 Å². The molecule has 0 aliphatic rings. The maximum atomic E-state index is 6.30. The Morgan fingerprint density at radius 1 is 0.378 bits per heavy atom. The fraction of sp³-hybridized carbons (Fsp3) is 0.0556. The van der Waals surface area contributed by atoms with Crippen molar-refractivity contribution in [1.82, 2.24) is 0 Å². The molecule has 0 aliphatic carbocycles. The number of hydrogen-bond acceptors (Lipinski definition) is 4. The van der Waals surface area contributed by atoms with E-state index in [0.29, 0.717) is 47.8 Å². The molecule has 5 rings (SSSR count). The largest absolute Gasteiger partial charge is 0.383 e. The topological polar surface area (TPSA) is 154 Å². The van der Waals surface area contributed by atoms with Crippen LogP contribution >= 0.6 is 12.4 Å². The molecule has 5 aromatic carbocycles. The Morgan fingerprint density at radius 2 is 0.667 bits per heavy atom. The Bertz CT molecular complexity index is 1660. The van der Waals surface area contributed by atoms with Gasteiger partial charge < -0.3 is 22.9 Å². The Labute approximate surface area is 269 Å². The summed E-state index contributed by atoms with van der Waals surface area (Å²) in [4.78, 5) is 18.1. The van der Waals surface area contributed by atoms with Gasteiger partial charge in [-0.2, -0.15) is 0 Å². The van der Waals surface area contributed by atoms with E-state index in [1.807, 2.05) is 133 Å². The van der Waals surface area contributed by atoms with Gasteiger partial charge in [-0.05, 0) is 59.7 Å². The molecule has 0 spiro atoms. The van der Waals surface area contributed by atoms with E-state index in [1.54, 1.807) is 0 Å². The van der Waals surface area contributed by atoms with E-state index in [-0.39, 0.29) is 12.4 Å². The first kappa shape index (κ1) is 32.2. The van der Waals surface area contributed by atoms with Crippen LogP contribution in [0.1, 0.15) is 33.4 Å². The second kappa shape index (κ2) is 15.7. The third-order valence-electron chi connectivity index (χ3n) is 6.85. The lowest BCUT2D eigenvalue weighted by Crippen LogP contribution is -2.16. The van der Waals surface area contributed by atoms with Crippen LogP contribution in [-0.4, -0.2) is 23.3 Å². The molecule has 0 unspecified atom stereocenters. The van der Waals surface area contributed by atoms with Gasteiger partial charge in [-0.3, -0.25) is 9.98 Å². The molecule has 0 bridgehead atoms. The molecule has 0 atom stereocenters. The van der Waals surface area contributed by atoms with E-state index in [9.17, 15) is 0 Å². The van der Waals surface area contributed by atoms with Crippen LogP contribution in [-0.2, 0) is 13.1 Å². The predicted molar refractivity (Wildman–Crippen MR) is 189 cm³/mol. The first-order chi connectivity index (χ1) is 21.4. The lowest BCUT2D eigenvalue weighted by molar-refractivity contribution is 1.06. The van der Waals surface area contributed by atoms with E-state index >= 15 is 0 Å². The second-order valence-corrected chi connectivity index (χ2v) is 10.0. The van der Waals surface area contributed by atoms with E-state index in [1.165, 1.54) is 0 Å². The fourth-order valence-corrected chi connectivity index (χ4v) is 4.33. The highest BCUT2D eigenvalue weighted by molar-refractivity contribution is 6.03. The van der Waals surface area contributed by atoms with Crippen LogP contribution in [0.25, 0.3) is 0 Å². The summed E-state index contributed by atoms with van der Waals surface area (Å²) in [6.45, 7) is 1.05. The van der Waals surface area contributed by atoms with Gasteiger partial charge in [0.25, 0.3) is 0 Å². The molecule has 0 radical (unpaired) electrons. The monoisotopic (exact) mass is 614 g/mol. The predicted octanol–water partition coefficient (Wildman–Crippen LogP) is 5.99. The molecule has 0 saturated heterocycles. The molecule has 45 heavy (non-hydrogen) atoms. The van der Waals surface area contributed by atoms with Crippen LogP contribution in [0, 0.1) is 0 Å². The maximum absolute atomic E-state index is 6.30. The molecule has 0 aliphatic heterocycles. The molecule has 9 heteroatoms. The van der Waals surface area contributed by atoms with Gasteiger partial charge in [0.05, 0.1) is 24.5 Å².